The predicted octanol–water partition coefficient (Wildman–Crippen LogP) is 3.72. The Balaban J connectivity index is 1.51. The Kier molecular flexibility index (Phi) is 7.36. The number of hydrogen-bond donors (Lipinski definition) is 2. The lowest BCUT2D eigenvalue weighted by atomic mass is 10.1. The third-order valence-corrected chi connectivity index (χ3v) is 5.03. The summed E-state index contributed by atoms with van der Waals surface area (Å²) in [5.74, 6) is -2.74. The molecule has 0 spiro atoms. The summed E-state index contributed by atoms with van der Waals surface area (Å²) < 4.78 is 44.3. The Morgan fingerprint density at radius 1 is 1.12 bits per heavy atom. The summed E-state index contributed by atoms with van der Waals surface area (Å²) in [5.41, 5.74) is -0.589. The summed E-state index contributed by atoms with van der Waals surface area (Å²) in [6.45, 7) is -1.03. The molecule has 3 amide bonds. The molecule has 8 nitrogen and oxygen atoms in total. The van der Waals surface area contributed by atoms with Crippen LogP contribution in [0.3, 0.4) is 0 Å². The molecule has 0 unspecified atom stereocenters. The van der Waals surface area contributed by atoms with Crippen LogP contribution in [-0.4, -0.2) is 36.8 Å². The van der Waals surface area contributed by atoms with Gasteiger partial charge in [0.05, 0.1) is 29.0 Å². The summed E-state index contributed by atoms with van der Waals surface area (Å²) in [4.78, 5) is 49.4. The summed E-state index contributed by atoms with van der Waals surface area (Å²) in [5, 5.41) is 4.69. The minimum Gasteiger partial charge on any atom is -0.456 e. The summed E-state index contributed by atoms with van der Waals surface area (Å²) in [6, 6.07) is 9.87. The van der Waals surface area contributed by atoms with Gasteiger partial charge in [0, 0.05) is 10.9 Å². The molecule has 174 valence electrons. The molecule has 0 aliphatic carbocycles. The molecule has 33 heavy (non-hydrogen) atoms. The monoisotopic (exact) mass is 527 g/mol. The molecule has 0 atom stereocenters. The lowest BCUT2D eigenvalue weighted by Gasteiger charge is -2.29. The van der Waals surface area contributed by atoms with E-state index in [1.165, 1.54) is 11.0 Å². The van der Waals surface area contributed by atoms with Crippen molar-refractivity contribution in [2.45, 2.75) is 19.0 Å². The zero-order valence-corrected chi connectivity index (χ0v) is 18.5. The number of hydrogen-bond acceptors (Lipinski definition) is 5. The van der Waals surface area contributed by atoms with Gasteiger partial charge in [-0.2, -0.15) is 13.2 Å². The van der Waals surface area contributed by atoms with Crippen molar-refractivity contribution >= 4 is 56.7 Å². The second-order valence-corrected chi connectivity index (χ2v) is 7.86. The van der Waals surface area contributed by atoms with Crippen LogP contribution in [0, 0.1) is 0 Å². The number of esters is 1. The Morgan fingerprint density at radius 2 is 1.85 bits per heavy atom. The van der Waals surface area contributed by atoms with Gasteiger partial charge in [-0.3, -0.25) is 19.2 Å². The van der Waals surface area contributed by atoms with E-state index in [2.05, 4.69) is 26.6 Å². The Hall–Kier alpha value is -3.41. The van der Waals surface area contributed by atoms with Crippen LogP contribution in [0.2, 0.25) is 0 Å². The van der Waals surface area contributed by atoms with Crippen molar-refractivity contribution in [3.05, 3.63) is 52.5 Å². The number of alkyl halides is 3. The lowest BCUT2D eigenvalue weighted by Crippen LogP contribution is -2.42. The first-order chi connectivity index (χ1) is 15.5. The van der Waals surface area contributed by atoms with Gasteiger partial charge in [-0.25, -0.2) is 0 Å². The van der Waals surface area contributed by atoms with Gasteiger partial charge in [0.15, 0.2) is 6.61 Å². The van der Waals surface area contributed by atoms with Gasteiger partial charge in [0.2, 0.25) is 11.8 Å². The molecule has 0 saturated heterocycles. The highest BCUT2D eigenvalue weighted by molar-refractivity contribution is 9.10. The number of rotatable bonds is 6. The Bertz CT molecular complexity index is 1110. The van der Waals surface area contributed by atoms with Crippen LogP contribution in [0.1, 0.15) is 18.4 Å². The van der Waals surface area contributed by atoms with E-state index in [9.17, 15) is 32.3 Å². The number of halogens is 4. The van der Waals surface area contributed by atoms with Gasteiger partial charge in [0.25, 0.3) is 5.91 Å². The molecule has 0 aromatic heterocycles. The number of anilines is 3. The number of amides is 3. The van der Waals surface area contributed by atoms with Crippen molar-refractivity contribution in [1.29, 1.82) is 0 Å². The summed E-state index contributed by atoms with van der Waals surface area (Å²) in [6.07, 6.45) is -5.36. The van der Waals surface area contributed by atoms with Crippen LogP contribution in [0.15, 0.2) is 46.9 Å². The molecule has 0 fully saturated rings. The number of nitrogens with one attached hydrogen (secondary N) is 2. The van der Waals surface area contributed by atoms with Crippen molar-refractivity contribution in [1.82, 2.24) is 0 Å². The fourth-order valence-electron chi connectivity index (χ4n) is 3.06. The van der Waals surface area contributed by atoms with Crippen LogP contribution in [-0.2, 0) is 30.1 Å². The maximum absolute atomic E-state index is 13.1. The molecule has 2 aromatic carbocycles. The molecule has 12 heteroatoms. The number of para-hydroxylation sites is 2. The highest BCUT2D eigenvalue weighted by Crippen LogP contribution is 2.36. The van der Waals surface area contributed by atoms with Crippen LogP contribution in [0.5, 0.6) is 0 Å². The summed E-state index contributed by atoms with van der Waals surface area (Å²) in [7, 11) is 0. The van der Waals surface area contributed by atoms with Gasteiger partial charge in [-0.05, 0) is 30.3 Å². The third kappa shape index (κ3) is 6.31. The first kappa shape index (κ1) is 24.2. The van der Waals surface area contributed by atoms with Crippen LogP contribution >= 0.6 is 15.9 Å². The van der Waals surface area contributed by atoms with E-state index in [0.29, 0.717) is 11.4 Å². The fraction of sp³-hybridized carbons (Fsp3) is 0.238. The second-order valence-electron chi connectivity index (χ2n) is 6.94. The zero-order chi connectivity index (χ0) is 24.2. The predicted molar refractivity (Wildman–Crippen MR) is 115 cm³/mol. The Morgan fingerprint density at radius 3 is 2.58 bits per heavy atom. The van der Waals surface area contributed by atoms with Gasteiger partial charge < -0.3 is 20.3 Å². The maximum atomic E-state index is 13.1. The molecule has 1 aliphatic rings. The van der Waals surface area contributed by atoms with Crippen molar-refractivity contribution < 1.29 is 37.1 Å². The van der Waals surface area contributed by atoms with Gasteiger partial charge in [0.1, 0.15) is 6.54 Å². The van der Waals surface area contributed by atoms with E-state index in [1.807, 2.05) is 0 Å². The van der Waals surface area contributed by atoms with Crippen molar-refractivity contribution in [3.8, 4) is 0 Å². The highest BCUT2D eigenvalue weighted by atomic mass is 79.9. The molecule has 0 bridgehead atoms. The van der Waals surface area contributed by atoms with Gasteiger partial charge in [-0.15, -0.1) is 0 Å². The van der Waals surface area contributed by atoms with Crippen molar-refractivity contribution in [2.75, 3.05) is 28.7 Å². The van der Waals surface area contributed by atoms with E-state index < -0.39 is 41.8 Å². The topological polar surface area (TPSA) is 105 Å². The van der Waals surface area contributed by atoms with Gasteiger partial charge in [-0.1, -0.05) is 28.1 Å². The molecule has 1 heterocycles. The van der Waals surface area contributed by atoms with E-state index >= 15 is 0 Å². The zero-order valence-electron chi connectivity index (χ0n) is 16.9. The maximum Gasteiger partial charge on any atom is 0.418 e. The number of carbonyl (C=O) groups excluding carboxylic acids is 4. The highest BCUT2D eigenvalue weighted by Gasteiger charge is 2.34. The molecule has 0 radical (unpaired) electrons. The SMILES string of the molecule is O=C1CN(C(=O)CCC(=O)OCC(=O)Nc2ccc(Br)cc2C(F)(F)F)c2ccccc2N1. The van der Waals surface area contributed by atoms with E-state index in [4.69, 9.17) is 4.74 Å². The van der Waals surface area contributed by atoms with Crippen molar-refractivity contribution in [3.63, 3.8) is 0 Å². The number of nitrogens with zero attached hydrogens (tertiary/aromatic N) is 1. The molecule has 3 rings (SSSR count). The minimum absolute atomic E-state index is 0.178. The smallest absolute Gasteiger partial charge is 0.418 e. The summed E-state index contributed by atoms with van der Waals surface area (Å²) >= 11 is 2.94. The molecule has 2 aromatic rings. The number of carbonyl (C=O) groups is 4. The first-order valence-corrected chi connectivity index (χ1v) is 10.4. The van der Waals surface area contributed by atoms with Crippen LogP contribution in [0.4, 0.5) is 30.2 Å². The average Bonchev–Trinajstić information content (AvgIpc) is 2.76. The quantitative estimate of drug-likeness (QED) is 0.557. The van der Waals surface area contributed by atoms with Gasteiger partial charge >= 0.3 is 12.1 Å². The van der Waals surface area contributed by atoms with Crippen LogP contribution < -0.4 is 15.5 Å². The Labute approximate surface area is 194 Å². The third-order valence-electron chi connectivity index (χ3n) is 4.54. The minimum atomic E-state index is -4.70. The number of fused-ring (bicyclic) bond motifs is 1. The normalized spacial score (nSPS) is 13.1. The first-order valence-electron chi connectivity index (χ1n) is 9.56. The largest absolute Gasteiger partial charge is 0.456 e. The standard InChI is InChI=1S/C21H17BrF3N3O5/c22-12-5-6-14(13(9-12)21(23,24)25)26-18(30)11-33-20(32)8-7-19(31)28-10-17(29)27-15-3-1-2-4-16(15)28/h1-6,9H,7-8,10-11H2,(H,26,30)(H,27,29). The van der Waals surface area contributed by atoms with E-state index in [0.717, 1.165) is 12.1 Å². The van der Waals surface area contributed by atoms with Crippen LogP contribution in [0.25, 0.3) is 0 Å². The molecule has 2 N–H and O–H groups in total. The van der Waals surface area contributed by atoms with E-state index in [1.54, 1.807) is 24.3 Å². The number of benzene rings is 2. The average molecular weight is 528 g/mol. The lowest BCUT2D eigenvalue weighted by molar-refractivity contribution is -0.148. The number of ether oxygens (including phenoxy) is 1. The molecular weight excluding hydrogens is 511 g/mol. The van der Waals surface area contributed by atoms with Crippen molar-refractivity contribution in [2.24, 2.45) is 0 Å². The fourth-order valence-corrected chi connectivity index (χ4v) is 3.43. The molecule has 1 aliphatic heterocycles. The second kappa shape index (κ2) is 10.0. The molecule has 0 saturated carbocycles. The molecular formula is C21H17BrF3N3O5. The van der Waals surface area contributed by atoms with E-state index in [-0.39, 0.29) is 29.8 Å².